The maximum absolute atomic E-state index is 12.6. The summed E-state index contributed by atoms with van der Waals surface area (Å²) in [4.78, 5) is 12.6. The monoisotopic (exact) mass is 272 g/mol. The molecule has 1 heterocycles. The van der Waals surface area contributed by atoms with E-state index in [0.29, 0.717) is 11.8 Å². The van der Waals surface area contributed by atoms with E-state index in [9.17, 15) is 4.79 Å². The van der Waals surface area contributed by atoms with Gasteiger partial charge in [0.25, 0.3) is 5.56 Å². The van der Waals surface area contributed by atoms with Crippen LogP contribution in [0.1, 0.15) is 33.4 Å². The van der Waals surface area contributed by atoms with Crippen molar-refractivity contribution in [2.45, 2.75) is 40.7 Å². The SMILES string of the molecule is CC(C)Cc1[nH]n(CC(C)C)c(=O)c1-c1ccccc1. The maximum Gasteiger partial charge on any atom is 0.274 e. The second-order valence-electron chi connectivity index (χ2n) is 6.24. The number of hydrogen-bond acceptors (Lipinski definition) is 1. The molecule has 0 saturated carbocycles. The molecule has 3 heteroatoms. The third kappa shape index (κ3) is 3.21. The number of aromatic nitrogens is 2. The Hall–Kier alpha value is -1.77. The summed E-state index contributed by atoms with van der Waals surface area (Å²) in [7, 11) is 0. The average Bonchev–Trinajstić information content (AvgIpc) is 2.65. The van der Waals surface area contributed by atoms with Gasteiger partial charge in [-0.1, -0.05) is 58.0 Å². The smallest absolute Gasteiger partial charge is 0.274 e. The number of hydrogen-bond donors (Lipinski definition) is 1. The molecular formula is C17H24N2O. The van der Waals surface area contributed by atoms with Crippen molar-refractivity contribution in [2.24, 2.45) is 11.8 Å². The van der Waals surface area contributed by atoms with Gasteiger partial charge < -0.3 is 0 Å². The van der Waals surface area contributed by atoms with Crippen molar-refractivity contribution in [1.29, 1.82) is 0 Å². The lowest BCUT2D eigenvalue weighted by Gasteiger charge is -2.06. The van der Waals surface area contributed by atoms with Crippen LogP contribution in [0.2, 0.25) is 0 Å². The molecule has 0 radical (unpaired) electrons. The first kappa shape index (κ1) is 14.6. The first-order valence-corrected chi connectivity index (χ1v) is 7.36. The van der Waals surface area contributed by atoms with E-state index in [2.05, 4.69) is 32.8 Å². The van der Waals surface area contributed by atoms with Crippen molar-refractivity contribution < 1.29 is 0 Å². The minimum atomic E-state index is 0.0977. The zero-order valence-corrected chi connectivity index (χ0v) is 12.8. The van der Waals surface area contributed by atoms with Gasteiger partial charge in [-0.25, -0.2) is 0 Å². The van der Waals surface area contributed by atoms with Crippen LogP contribution in [0.5, 0.6) is 0 Å². The topological polar surface area (TPSA) is 37.8 Å². The lowest BCUT2D eigenvalue weighted by atomic mass is 10.0. The molecule has 0 unspecified atom stereocenters. The summed E-state index contributed by atoms with van der Waals surface area (Å²) < 4.78 is 1.75. The number of H-pyrrole nitrogens is 1. The first-order chi connectivity index (χ1) is 9.49. The second kappa shape index (κ2) is 6.12. The molecule has 0 spiro atoms. The Kier molecular flexibility index (Phi) is 4.48. The first-order valence-electron chi connectivity index (χ1n) is 7.36. The van der Waals surface area contributed by atoms with Crippen LogP contribution in [-0.2, 0) is 13.0 Å². The molecule has 0 atom stereocenters. The Balaban J connectivity index is 2.52. The number of benzene rings is 1. The van der Waals surface area contributed by atoms with Gasteiger partial charge in [-0.15, -0.1) is 0 Å². The summed E-state index contributed by atoms with van der Waals surface area (Å²) in [5, 5.41) is 3.32. The summed E-state index contributed by atoms with van der Waals surface area (Å²) in [6.07, 6.45) is 0.893. The predicted molar refractivity (Wildman–Crippen MR) is 83.9 cm³/mol. The van der Waals surface area contributed by atoms with Crippen molar-refractivity contribution in [2.75, 3.05) is 0 Å². The lowest BCUT2D eigenvalue weighted by Crippen LogP contribution is -2.20. The Morgan fingerprint density at radius 1 is 1.05 bits per heavy atom. The number of nitrogens with one attached hydrogen (secondary N) is 1. The van der Waals surface area contributed by atoms with Gasteiger partial charge in [0.1, 0.15) is 0 Å². The van der Waals surface area contributed by atoms with E-state index in [-0.39, 0.29) is 5.56 Å². The van der Waals surface area contributed by atoms with E-state index < -0.39 is 0 Å². The molecule has 1 aromatic carbocycles. The predicted octanol–water partition coefficient (Wildman–Crippen LogP) is 3.70. The van der Waals surface area contributed by atoms with E-state index >= 15 is 0 Å². The highest BCUT2D eigenvalue weighted by Crippen LogP contribution is 2.21. The Bertz CT molecular complexity index is 606. The highest BCUT2D eigenvalue weighted by molar-refractivity contribution is 5.65. The quantitative estimate of drug-likeness (QED) is 0.885. The van der Waals surface area contributed by atoms with Crippen molar-refractivity contribution in [1.82, 2.24) is 9.78 Å². The van der Waals surface area contributed by atoms with Crippen LogP contribution in [0.15, 0.2) is 35.1 Å². The van der Waals surface area contributed by atoms with Crippen molar-refractivity contribution in [3.05, 3.63) is 46.4 Å². The normalized spacial score (nSPS) is 11.5. The van der Waals surface area contributed by atoms with Crippen LogP contribution in [0, 0.1) is 11.8 Å². The van der Waals surface area contributed by atoms with E-state index in [4.69, 9.17) is 0 Å². The molecule has 0 aliphatic heterocycles. The summed E-state index contributed by atoms with van der Waals surface area (Å²) in [6.45, 7) is 9.33. The van der Waals surface area contributed by atoms with E-state index in [1.54, 1.807) is 4.68 Å². The minimum absolute atomic E-state index is 0.0977. The van der Waals surface area contributed by atoms with Crippen LogP contribution < -0.4 is 5.56 Å². The average molecular weight is 272 g/mol. The number of aromatic amines is 1. The fourth-order valence-electron chi connectivity index (χ4n) is 2.49. The van der Waals surface area contributed by atoms with E-state index in [1.807, 2.05) is 30.3 Å². The fourth-order valence-corrected chi connectivity index (χ4v) is 2.49. The van der Waals surface area contributed by atoms with E-state index in [0.717, 1.165) is 29.8 Å². The largest absolute Gasteiger partial charge is 0.299 e. The standard InChI is InChI=1S/C17H24N2O/c1-12(2)10-15-16(14-8-6-5-7-9-14)17(20)19(18-15)11-13(3)4/h5-9,12-13,18H,10-11H2,1-4H3. The molecule has 1 N–H and O–H groups in total. The van der Waals surface area contributed by atoms with Crippen LogP contribution in [0.3, 0.4) is 0 Å². The number of nitrogens with zero attached hydrogens (tertiary/aromatic N) is 1. The Morgan fingerprint density at radius 2 is 1.70 bits per heavy atom. The third-order valence-corrected chi connectivity index (χ3v) is 3.25. The van der Waals surface area contributed by atoms with Crippen LogP contribution in [0.4, 0.5) is 0 Å². The molecule has 20 heavy (non-hydrogen) atoms. The van der Waals surface area contributed by atoms with Crippen molar-refractivity contribution in [3.8, 4) is 11.1 Å². The number of rotatable bonds is 5. The lowest BCUT2D eigenvalue weighted by molar-refractivity contribution is 0.467. The van der Waals surface area contributed by atoms with Gasteiger partial charge in [0.15, 0.2) is 0 Å². The summed E-state index contributed by atoms with van der Waals surface area (Å²) in [5.41, 5.74) is 2.99. The van der Waals surface area contributed by atoms with Crippen LogP contribution in [0.25, 0.3) is 11.1 Å². The van der Waals surface area contributed by atoms with Gasteiger partial charge in [0.05, 0.1) is 5.56 Å². The van der Waals surface area contributed by atoms with Gasteiger partial charge in [0, 0.05) is 12.2 Å². The summed E-state index contributed by atoms with van der Waals surface area (Å²) in [6, 6.07) is 9.95. The molecule has 3 nitrogen and oxygen atoms in total. The molecule has 0 fully saturated rings. The maximum atomic E-state index is 12.6. The van der Waals surface area contributed by atoms with Gasteiger partial charge >= 0.3 is 0 Å². The fraction of sp³-hybridized carbons (Fsp3) is 0.471. The van der Waals surface area contributed by atoms with Crippen LogP contribution >= 0.6 is 0 Å². The molecular weight excluding hydrogens is 248 g/mol. The third-order valence-electron chi connectivity index (χ3n) is 3.25. The van der Waals surface area contributed by atoms with Crippen molar-refractivity contribution in [3.63, 3.8) is 0 Å². The van der Waals surface area contributed by atoms with E-state index in [1.165, 1.54) is 0 Å². The van der Waals surface area contributed by atoms with Gasteiger partial charge in [-0.3, -0.25) is 14.6 Å². The Morgan fingerprint density at radius 3 is 2.25 bits per heavy atom. The Labute approximate surface area is 120 Å². The van der Waals surface area contributed by atoms with Crippen LogP contribution in [-0.4, -0.2) is 9.78 Å². The minimum Gasteiger partial charge on any atom is -0.299 e. The second-order valence-corrected chi connectivity index (χ2v) is 6.24. The highest BCUT2D eigenvalue weighted by Gasteiger charge is 2.17. The zero-order valence-electron chi connectivity index (χ0n) is 12.8. The molecule has 0 bridgehead atoms. The molecule has 0 amide bonds. The zero-order chi connectivity index (χ0) is 14.7. The molecule has 108 valence electrons. The molecule has 0 aliphatic carbocycles. The molecule has 1 aromatic heterocycles. The molecule has 2 aromatic rings. The molecule has 2 rings (SSSR count). The molecule has 0 saturated heterocycles. The van der Waals surface area contributed by atoms with Gasteiger partial charge in [-0.05, 0) is 23.8 Å². The van der Waals surface area contributed by atoms with Gasteiger partial charge in [-0.2, -0.15) is 0 Å². The van der Waals surface area contributed by atoms with Gasteiger partial charge in [0.2, 0.25) is 0 Å². The molecule has 0 aliphatic rings. The van der Waals surface area contributed by atoms with Crippen molar-refractivity contribution >= 4 is 0 Å². The summed E-state index contributed by atoms with van der Waals surface area (Å²) >= 11 is 0. The summed E-state index contributed by atoms with van der Waals surface area (Å²) in [5.74, 6) is 0.963. The highest BCUT2D eigenvalue weighted by atomic mass is 16.1.